The standard InChI is InChI=1S/C20H36O16/c1-2-31-18-14(29)11(26)16(7(4-22)33-18)36-20-15(30)12(27)17(8(5-23)34-20)35-19-13(28)10(25)9(24)6(3-21)32-19/h6-30H,2-5H2,1H3/t6?,7?,8?,9-,10-,11+,12+,13?,14?,15?,16+,17-,18+,19+,20-/m0/s1. The summed E-state index contributed by atoms with van der Waals surface area (Å²) in [6.07, 6.45) is -23.8. The van der Waals surface area contributed by atoms with E-state index in [1.807, 2.05) is 0 Å². The molecular weight excluding hydrogens is 496 g/mol. The SMILES string of the molecule is CCO[C@@H]1OC(CO)[C@@H](O[C@@H]2OC(CO)[C@H](O[C@H]3OC(CO)[C@H](O)[C@H](O)C3O)[C@H](O)C2O)[C@H](O)C1O. The van der Waals surface area contributed by atoms with Gasteiger partial charge in [-0.15, -0.1) is 0 Å². The molecule has 36 heavy (non-hydrogen) atoms. The fourth-order valence-electron chi connectivity index (χ4n) is 4.35. The van der Waals surface area contributed by atoms with Crippen LogP contribution in [0.25, 0.3) is 0 Å². The Morgan fingerprint density at radius 3 is 1.33 bits per heavy atom. The van der Waals surface area contributed by atoms with Crippen molar-refractivity contribution in [3.05, 3.63) is 0 Å². The third kappa shape index (κ3) is 5.99. The molecule has 3 saturated heterocycles. The zero-order chi connectivity index (χ0) is 26.7. The van der Waals surface area contributed by atoms with Crippen LogP contribution in [-0.4, -0.2) is 170 Å². The summed E-state index contributed by atoms with van der Waals surface area (Å²) in [4.78, 5) is 0. The van der Waals surface area contributed by atoms with Gasteiger partial charge in [-0.05, 0) is 6.92 Å². The lowest BCUT2D eigenvalue weighted by atomic mass is 9.96. The third-order valence-electron chi connectivity index (χ3n) is 6.40. The van der Waals surface area contributed by atoms with Crippen LogP contribution in [0.1, 0.15) is 6.92 Å². The van der Waals surface area contributed by atoms with Crippen molar-refractivity contribution in [2.45, 2.75) is 99.0 Å². The fraction of sp³-hybridized carbons (Fsp3) is 1.00. The minimum Gasteiger partial charge on any atom is -0.394 e. The second-order valence-electron chi connectivity index (χ2n) is 8.77. The Bertz CT molecular complexity index is 666. The lowest BCUT2D eigenvalue weighted by Crippen LogP contribution is -2.66. The molecule has 0 aromatic carbocycles. The monoisotopic (exact) mass is 532 g/mol. The minimum atomic E-state index is -1.88. The smallest absolute Gasteiger partial charge is 0.187 e. The number of aliphatic hydroxyl groups excluding tert-OH is 10. The summed E-state index contributed by atoms with van der Waals surface area (Å²) >= 11 is 0. The molecule has 0 aromatic rings. The Morgan fingerprint density at radius 1 is 0.500 bits per heavy atom. The Hall–Kier alpha value is -0.640. The van der Waals surface area contributed by atoms with E-state index >= 15 is 0 Å². The molecule has 0 amide bonds. The van der Waals surface area contributed by atoms with Gasteiger partial charge in [0.25, 0.3) is 0 Å². The van der Waals surface area contributed by atoms with Gasteiger partial charge in [-0.1, -0.05) is 0 Å². The molecular formula is C20H36O16. The summed E-state index contributed by atoms with van der Waals surface area (Å²) in [5.41, 5.74) is 0. The molecule has 3 rings (SSSR count). The molecule has 16 nitrogen and oxygen atoms in total. The van der Waals surface area contributed by atoms with Crippen LogP contribution < -0.4 is 0 Å². The average molecular weight is 532 g/mol. The van der Waals surface area contributed by atoms with Crippen molar-refractivity contribution in [2.24, 2.45) is 0 Å². The van der Waals surface area contributed by atoms with Crippen molar-refractivity contribution in [3.8, 4) is 0 Å². The van der Waals surface area contributed by atoms with E-state index in [9.17, 15) is 51.1 Å². The predicted octanol–water partition coefficient (Wildman–Crippen LogP) is -6.53. The first kappa shape index (κ1) is 29.9. The van der Waals surface area contributed by atoms with E-state index in [0.29, 0.717) is 0 Å². The van der Waals surface area contributed by atoms with Crippen LogP contribution in [0, 0.1) is 0 Å². The first-order valence-electron chi connectivity index (χ1n) is 11.6. The highest BCUT2D eigenvalue weighted by atomic mass is 16.8. The number of aliphatic hydroxyl groups is 10. The van der Waals surface area contributed by atoms with E-state index in [-0.39, 0.29) is 6.61 Å². The summed E-state index contributed by atoms with van der Waals surface area (Å²) in [7, 11) is 0. The average Bonchev–Trinajstić information content (AvgIpc) is 2.87. The molecule has 0 spiro atoms. The topological polar surface area (TPSA) is 258 Å². The Morgan fingerprint density at radius 2 is 0.889 bits per heavy atom. The summed E-state index contributed by atoms with van der Waals surface area (Å²) in [6, 6.07) is 0. The lowest BCUT2D eigenvalue weighted by molar-refractivity contribution is -0.379. The van der Waals surface area contributed by atoms with Gasteiger partial charge in [0, 0.05) is 6.61 Å². The van der Waals surface area contributed by atoms with E-state index < -0.39 is 112 Å². The van der Waals surface area contributed by atoms with Crippen molar-refractivity contribution < 1.29 is 79.5 Å². The molecule has 6 unspecified atom stereocenters. The van der Waals surface area contributed by atoms with Crippen LogP contribution in [0.3, 0.4) is 0 Å². The number of hydrogen-bond acceptors (Lipinski definition) is 16. The van der Waals surface area contributed by atoms with Crippen molar-refractivity contribution >= 4 is 0 Å². The van der Waals surface area contributed by atoms with Gasteiger partial charge in [-0.2, -0.15) is 0 Å². The normalized spacial score (nSPS) is 50.2. The molecule has 3 heterocycles. The lowest BCUT2D eigenvalue weighted by Gasteiger charge is -2.48. The highest BCUT2D eigenvalue weighted by Crippen LogP contribution is 2.32. The number of rotatable bonds is 9. The van der Waals surface area contributed by atoms with E-state index in [4.69, 9.17) is 28.4 Å². The van der Waals surface area contributed by atoms with Gasteiger partial charge >= 0.3 is 0 Å². The van der Waals surface area contributed by atoms with E-state index in [2.05, 4.69) is 0 Å². The van der Waals surface area contributed by atoms with Crippen molar-refractivity contribution in [2.75, 3.05) is 26.4 Å². The van der Waals surface area contributed by atoms with Gasteiger partial charge in [0.2, 0.25) is 0 Å². The summed E-state index contributed by atoms with van der Waals surface area (Å²) in [5, 5.41) is 101. The summed E-state index contributed by atoms with van der Waals surface area (Å²) in [6.45, 7) is -0.430. The van der Waals surface area contributed by atoms with Gasteiger partial charge in [-0.3, -0.25) is 0 Å². The molecule has 3 aliphatic heterocycles. The van der Waals surface area contributed by atoms with Gasteiger partial charge in [0.15, 0.2) is 18.9 Å². The molecule has 0 radical (unpaired) electrons. The maximum atomic E-state index is 10.7. The van der Waals surface area contributed by atoms with Gasteiger partial charge in [0.05, 0.1) is 19.8 Å². The minimum absolute atomic E-state index is 0.142. The highest BCUT2D eigenvalue weighted by Gasteiger charge is 2.53. The molecule has 3 fully saturated rings. The van der Waals surface area contributed by atoms with Crippen LogP contribution in [-0.2, 0) is 28.4 Å². The molecule has 0 aromatic heterocycles. The zero-order valence-electron chi connectivity index (χ0n) is 19.4. The Kier molecular flexibility index (Phi) is 10.8. The first-order chi connectivity index (χ1) is 17.1. The summed E-state index contributed by atoms with van der Waals surface area (Å²) in [5.74, 6) is 0. The molecule has 0 aliphatic carbocycles. The van der Waals surface area contributed by atoms with Crippen LogP contribution in [0.5, 0.6) is 0 Å². The Labute approximate surface area is 205 Å². The largest absolute Gasteiger partial charge is 0.394 e. The Balaban J connectivity index is 1.71. The zero-order valence-corrected chi connectivity index (χ0v) is 19.4. The maximum Gasteiger partial charge on any atom is 0.187 e. The van der Waals surface area contributed by atoms with Crippen LogP contribution in [0.2, 0.25) is 0 Å². The maximum absolute atomic E-state index is 10.7. The first-order valence-corrected chi connectivity index (χ1v) is 11.6. The summed E-state index contributed by atoms with van der Waals surface area (Å²) < 4.78 is 32.3. The van der Waals surface area contributed by atoms with Crippen molar-refractivity contribution in [1.82, 2.24) is 0 Å². The van der Waals surface area contributed by atoms with Crippen molar-refractivity contribution in [1.29, 1.82) is 0 Å². The van der Waals surface area contributed by atoms with Gasteiger partial charge in [0.1, 0.15) is 73.2 Å². The second-order valence-corrected chi connectivity index (χ2v) is 8.77. The molecule has 0 bridgehead atoms. The molecule has 0 saturated carbocycles. The molecule has 16 heteroatoms. The van der Waals surface area contributed by atoms with Crippen LogP contribution in [0.15, 0.2) is 0 Å². The van der Waals surface area contributed by atoms with E-state index in [0.717, 1.165) is 0 Å². The highest BCUT2D eigenvalue weighted by molar-refractivity contribution is 4.96. The number of hydrogen-bond donors (Lipinski definition) is 10. The van der Waals surface area contributed by atoms with Crippen LogP contribution >= 0.6 is 0 Å². The molecule has 3 aliphatic rings. The third-order valence-corrected chi connectivity index (χ3v) is 6.40. The predicted molar refractivity (Wildman–Crippen MR) is 111 cm³/mol. The second kappa shape index (κ2) is 12.9. The van der Waals surface area contributed by atoms with Gasteiger partial charge < -0.3 is 79.5 Å². The van der Waals surface area contributed by atoms with E-state index in [1.165, 1.54) is 0 Å². The van der Waals surface area contributed by atoms with Crippen molar-refractivity contribution in [3.63, 3.8) is 0 Å². The molecule has 15 atom stereocenters. The fourth-order valence-corrected chi connectivity index (χ4v) is 4.35. The number of ether oxygens (including phenoxy) is 6. The van der Waals surface area contributed by atoms with Crippen LogP contribution in [0.4, 0.5) is 0 Å². The quantitative estimate of drug-likeness (QED) is 0.132. The van der Waals surface area contributed by atoms with E-state index in [1.54, 1.807) is 6.92 Å². The molecule has 10 N–H and O–H groups in total. The molecule has 212 valence electrons. The van der Waals surface area contributed by atoms with Gasteiger partial charge in [-0.25, -0.2) is 0 Å².